The second-order valence-electron chi connectivity index (χ2n) is 2.91. The quantitative estimate of drug-likeness (QED) is 0.593. The van der Waals surface area contributed by atoms with E-state index in [4.69, 9.17) is 9.05 Å². The van der Waals surface area contributed by atoms with E-state index >= 15 is 0 Å². The zero-order chi connectivity index (χ0) is 9.35. The predicted molar refractivity (Wildman–Crippen MR) is 47.8 cm³/mol. The third-order valence-electron chi connectivity index (χ3n) is 1.65. The normalized spacial score (nSPS) is 28.3. The Morgan fingerprint density at radius 2 is 2.17 bits per heavy atom. The molecular weight excluding hydrogens is 175 g/mol. The predicted octanol–water partition coefficient (Wildman–Crippen LogP) is 3.05. The van der Waals surface area contributed by atoms with E-state index < -0.39 is 7.60 Å². The Labute approximate surface area is 72.6 Å². The summed E-state index contributed by atoms with van der Waals surface area (Å²) in [6.07, 6.45) is 1.76. The molecule has 0 spiro atoms. The van der Waals surface area contributed by atoms with Crippen molar-refractivity contribution >= 4 is 7.60 Å². The number of allylic oxidation sites excluding steroid dienone is 4. The Hall–Kier alpha value is -0.530. The molecule has 4 heteroatoms. The van der Waals surface area contributed by atoms with Crippen molar-refractivity contribution in [2.75, 3.05) is 7.11 Å². The maximum atomic E-state index is 11.8. The van der Waals surface area contributed by atoms with Crippen LogP contribution in [0.25, 0.3) is 0 Å². The summed E-state index contributed by atoms with van der Waals surface area (Å²) in [5, 5.41) is 0.683. The van der Waals surface area contributed by atoms with Crippen LogP contribution < -0.4 is 0 Å². The fraction of sp³-hybridized carbons (Fsp3) is 0.500. The summed E-state index contributed by atoms with van der Waals surface area (Å²) in [7, 11) is -1.59. The Bertz CT molecular complexity index is 297. The molecule has 0 aromatic heterocycles. The molecule has 3 nitrogen and oxygen atoms in total. The summed E-state index contributed by atoms with van der Waals surface area (Å²) in [6, 6.07) is 0. The molecule has 1 atom stereocenters. The SMILES string of the molecule is COP1(=O)OC(C)=CC1=C(C)C. The lowest BCUT2D eigenvalue weighted by Gasteiger charge is -2.11. The van der Waals surface area contributed by atoms with Crippen LogP contribution in [0.4, 0.5) is 0 Å². The van der Waals surface area contributed by atoms with Crippen molar-refractivity contribution in [1.29, 1.82) is 0 Å². The largest absolute Gasteiger partial charge is 0.426 e. The number of rotatable bonds is 1. The van der Waals surface area contributed by atoms with E-state index in [0.29, 0.717) is 11.1 Å². The molecule has 0 saturated carbocycles. The third kappa shape index (κ3) is 1.47. The molecule has 1 unspecified atom stereocenters. The number of hydrogen-bond donors (Lipinski definition) is 0. The van der Waals surface area contributed by atoms with Crippen LogP contribution in [0.3, 0.4) is 0 Å². The molecule has 0 aromatic carbocycles. The molecule has 1 aliphatic heterocycles. The van der Waals surface area contributed by atoms with Crippen LogP contribution in [0, 0.1) is 0 Å². The number of hydrogen-bond acceptors (Lipinski definition) is 3. The molecule has 0 radical (unpaired) electrons. The van der Waals surface area contributed by atoms with Gasteiger partial charge in [0.05, 0.1) is 5.31 Å². The van der Waals surface area contributed by atoms with E-state index in [1.165, 1.54) is 7.11 Å². The molecule has 0 fully saturated rings. The molecule has 1 heterocycles. The summed E-state index contributed by atoms with van der Waals surface area (Å²) >= 11 is 0. The molecule has 0 saturated heterocycles. The molecule has 0 aromatic rings. The lowest BCUT2D eigenvalue weighted by atomic mass is 10.3. The van der Waals surface area contributed by atoms with Gasteiger partial charge in [-0.15, -0.1) is 0 Å². The van der Waals surface area contributed by atoms with Crippen molar-refractivity contribution in [2.45, 2.75) is 20.8 Å². The van der Waals surface area contributed by atoms with Gasteiger partial charge in [-0.1, -0.05) is 5.57 Å². The van der Waals surface area contributed by atoms with Gasteiger partial charge in [0, 0.05) is 7.11 Å². The Kier molecular flexibility index (Phi) is 2.45. The van der Waals surface area contributed by atoms with Gasteiger partial charge in [-0.3, -0.25) is 4.52 Å². The van der Waals surface area contributed by atoms with Crippen molar-refractivity contribution in [3.05, 3.63) is 22.7 Å². The van der Waals surface area contributed by atoms with Crippen LogP contribution in [-0.2, 0) is 13.6 Å². The minimum absolute atomic E-state index is 0.649. The summed E-state index contributed by atoms with van der Waals surface area (Å²) in [6.45, 7) is 5.54. The van der Waals surface area contributed by atoms with E-state index in [-0.39, 0.29) is 0 Å². The fourth-order valence-electron chi connectivity index (χ4n) is 1.09. The zero-order valence-electron chi connectivity index (χ0n) is 7.75. The molecule has 68 valence electrons. The molecule has 1 rings (SSSR count). The second kappa shape index (κ2) is 3.08. The van der Waals surface area contributed by atoms with Crippen molar-refractivity contribution in [1.82, 2.24) is 0 Å². The standard InChI is InChI=1S/C8H13O3P/c1-6(2)8-5-7(3)11-12(8,9)10-4/h5H,1-4H3. The fourth-order valence-corrected chi connectivity index (χ4v) is 2.78. The highest BCUT2D eigenvalue weighted by Gasteiger charge is 2.35. The summed E-state index contributed by atoms with van der Waals surface area (Å²) < 4.78 is 21.8. The van der Waals surface area contributed by atoms with Crippen molar-refractivity contribution in [3.63, 3.8) is 0 Å². The Morgan fingerprint density at radius 1 is 1.58 bits per heavy atom. The van der Waals surface area contributed by atoms with E-state index in [0.717, 1.165) is 5.57 Å². The first-order valence-corrected chi connectivity index (χ1v) is 5.25. The van der Waals surface area contributed by atoms with E-state index in [1.807, 2.05) is 13.8 Å². The summed E-state index contributed by atoms with van der Waals surface area (Å²) in [5.74, 6) is 0.649. The topological polar surface area (TPSA) is 35.5 Å². The molecule has 1 aliphatic rings. The average molecular weight is 188 g/mol. The highest BCUT2D eigenvalue weighted by Crippen LogP contribution is 2.62. The van der Waals surface area contributed by atoms with Crippen LogP contribution in [0.5, 0.6) is 0 Å². The van der Waals surface area contributed by atoms with E-state index in [2.05, 4.69) is 0 Å². The molecule has 12 heavy (non-hydrogen) atoms. The summed E-state index contributed by atoms with van der Waals surface area (Å²) in [4.78, 5) is 0. The van der Waals surface area contributed by atoms with Crippen LogP contribution in [0.2, 0.25) is 0 Å². The first kappa shape index (κ1) is 9.56. The van der Waals surface area contributed by atoms with E-state index in [9.17, 15) is 4.57 Å². The van der Waals surface area contributed by atoms with Crippen molar-refractivity contribution in [2.24, 2.45) is 0 Å². The smallest absolute Gasteiger partial charge is 0.410 e. The van der Waals surface area contributed by atoms with Crippen molar-refractivity contribution in [3.8, 4) is 0 Å². The van der Waals surface area contributed by atoms with Gasteiger partial charge < -0.3 is 4.52 Å². The summed E-state index contributed by atoms with van der Waals surface area (Å²) in [5.41, 5.74) is 0.969. The molecule has 0 bridgehead atoms. The minimum Gasteiger partial charge on any atom is -0.426 e. The monoisotopic (exact) mass is 188 g/mol. The van der Waals surface area contributed by atoms with Gasteiger partial charge in [-0.25, -0.2) is 4.57 Å². The van der Waals surface area contributed by atoms with Crippen LogP contribution in [0.1, 0.15) is 20.8 Å². The van der Waals surface area contributed by atoms with E-state index in [1.54, 1.807) is 13.0 Å². The van der Waals surface area contributed by atoms with Gasteiger partial charge in [0.25, 0.3) is 0 Å². The molecule has 0 aliphatic carbocycles. The van der Waals surface area contributed by atoms with Crippen molar-refractivity contribution < 1.29 is 13.6 Å². The van der Waals surface area contributed by atoms with Gasteiger partial charge >= 0.3 is 7.60 Å². The zero-order valence-corrected chi connectivity index (χ0v) is 8.64. The van der Waals surface area contributed by atoms with Gasteiger partial charge in [0.2, 0.25) is 0 Å². The minimum atomic E-state index is -2.99. The van der Waals surface area contributed by atoms with Gasteiger partial charge in [-0.2, -0.15) is 0 Å². The second-order valence-corrected chi connectivity index (χ2v) is 4.94. The highest BCUT2D eigenvalue weighted by molar-refractivity contribution is 7.59. The lowest BCUT2D eigenvalue weighted by Crippen LogP contribution is -1.86. The van der Waals surface area contributed by atoms with Gasteiger partial charge in [0.1, 0.15) is 5.76 Å². The van der Waals surface area contributed by atoms with Gasteiger partial charge in [0.15, 0.2) is 0 Å². The maximum Gasteiger partial charge on any atom is 0.410 e. The highest BCUT2D eigenvalue weighted by atomic mass is 31.2. The van der Waals surface area contributed by atoms with Crippen LogP contribution in [-0.4, -0.2) is 7.11 Å². The van der Waals surface area contributed by atoms with Crippen LogP contribution in [0.15, 0.2) is 22.7 Å². The maximum absolute atomic E-state index is 11.8. The molecule has 0 N–H and O–H groups in total. The molecular formula is C8H13O3P. The third-order valence-corrected chi connectivity index (χ3v) is 3.83. The lowest BCUT2D eigenvalue weighted by molar-refractivity contribution is 0.299. The van der Waals surface area contributed by atoms with Crippen LogP contribution >= 0.6 is 7.60 Å². The van der Waals surface area contributed by atoms with Gasteiger partial charge in [-0.05, 0) is 26.8 Å². The Balaban J connectivity index is 3.15. The first-order chi connectivity index (χ1) is 5.49. The average Bonchev–Trinajstić information content (AvgIpc) is 2.27. The first-order valence-electron chi connectivity index (χ1n) is 3.71. The Morgan fingerprint density at radius 3 is 2.50 bits per heavy atom. The molecule has 0 amide bonds.